The maximum absolute atomic E-state index is 11.3. The summed E-state index contributed by atoms with van der Waals surface area (Å²) >= 11 is 0. The van der Waals surface area contributed by atoms with Crippen LogP contribution >= 0.6 is 0 Å². The quantitative estimate of drug-likeness (QED) is 0.670. The first kappa shape index (κ1) is 17.9. The summed E-state index contributed by atoms with van der Waals surface area (Å²) in [7, 11) is 0. The predicted molar refractivity (Wildman–Crippen MR) is 107 cm³/mol. The van der Waals surface area contributed by atoms with Crippen LogP contribution in [0.5, 0.6) is 0 Å². The molecule has 2 aromatic carbocycles. The minimum absolute atomic E-state index is 0.116. The minimum atomic E-state index is -0.406. The van der Waals surface area contributed by atoms with Gasteiger partial charge in [0.05, 0.1) is 11.6 Å². The number of hydrogen-bond acceptors (Lipinski definition) is 3. The SMILES string of the molecule is Cc1cc(NC(CC(C)C)c2ccc(C(N)=O)cc2)nc2ccccc12. The fourth-order valence-electron chi connectivity index (χ4n) is 3.23. The summed E-state index contributed by atoms with van der Waals surface area (Å²) in [5, 5.41) is 4.75. The van der Waals surface area contributed by atoms with Crippen molar-refractivity contribution in [2.24, 2.45) is 11.7 Å². The molecule has 0 radical (unpaired) electrons. The van der Waals surface area contributed by atoms with Gasteiger partial charge in [-0.2, -0.15) is 0 Å². The van der Waals surface area contributed by atoms with Crippen LogP contribution in [-0.4, -0.2) is 10.9 Å². The third-order valence-electron chi connectivity index (χ3n) is 4.55. The Kier molecular flexibility index (Phi) is 5.21. The van der Waals surface area contributed by atoms with Gasteiger partial charge in [-0.1, -0.05) is 44.2 Å². The summed E-state index contributed by atoms with van der Waals surface area (Å²) in [5.74, 6) is 0.979. The zero-order valence-corrected chi connectivity index (χ0v) is 15.5. The van der Waals surface area contributed by atoms with Crippen molar-refractivity contribution in [2.75, 3.05) is 5.32 Å². The van der Waals surface area contributed by atoms with E-state index >= 15 is 0 Å². The number of anilines is 1. The number of nitrogens with two attached hydrogens (primary N) is 1. The number of aromatic nitrogens is 1. The second-order valence-corrected chi connectivity index (χ2v) is 7.15. The highest BCUT2D eigenvalue weighted by molar-refractivity contribution is 5.92. The lowest BCUT2D eigenvalue weighted by Gasteiger charge is -2.22. The topological polar surface area (TPSA) is 68.0 Å². The van der Waals surface area contributed by atoms with E-state index < -0.39 is 5.91 Å². The Morgan fingerprint density at radius 3 is 2.46 bits per heavy atom. The molecule has 26 heavy (non-hydrogen) atoms. The number of carbonyl (C=O) groups excluding carboxylic acids is 1. The van der Waals surface area contributed by atoms with Crippen LogP contribution in [0.1, 0.15) is 47.8 Å². The average molecular weight is 347 g/mol. The third kappa shape index (κ3) is 4.02. The fraction of sp³-hybridized carbons (Fsp3) is 0.273. The Hall–Kier alpha value is -2.88. The Labute approximate surface area is 154 Å². The largest absolute Gasteiger partial charge is 0.366 e. The second-order valence-electron chi connectivity index (χ2n) is 7.15. The summed E-state index contributed by atoms with van der Waals surface area (Å²) in [6.45, 7) is 6.51. The van der Waals surface area contributed by atoms with E-state index in [0.717, 1.165) is 23.3 Å². The van der Waals surface area contributed by atoms with E-state index in [1.165, 1.54) is 10.9 Å². The summed E-state index contributed by atoms with van der Waals surface area (Å²) in [6, 6.07) is 17.9. The van der Waals surface area contributed by atoms with E-state index in [2.05, 4.69) is 38.2 Å². The molecule has 0 saturated carbocycles. The molecule has 0 aliphatic heterocycles. The Balaban J connectivity index is 1.92. The van der Waals surface area contributed by atoms with E-state index in [1.807, 2.05) is 30.3 Å². The van der Waals surface area contributed by atoms with Crippen LogP contribution in [0, 0.1) is 12.8 Å². The summed E-state index contributed by atoms with van der Waals surface area (Å²) in [5.41, 5.74) is 9.18. The molecule has 0 saturated heterocycles. The molecule has 0 bridgehead atoms. The van der Waals surface area contributed by atoms with E-state index in [4.69, 9.17) is 10.7 Å². The van der Waals surface area contributed by atoms with Crippen molar-refractivity contribution in [1.29, 1.82) is 0 Å². The molecule has 1 unspecified atom stereocenters. The highest BCUT2D eigenvalue weighted by Crippen LogP contribution is 2.28. The van der Waals surface area contributed by atoms with Crippen molar-refractivity contribution < 1.29 is 4.79 Å². The first-order valence-electron chi connectivity index (χ1n) is 8.96. The monoisotopic (exact) mass is 347 g/mol. The Bertz CT molecular complexity index is 916. The standard InChI is InChI=1S/C22H25N3O/c1-14(2)12-20(16-8-10-17(11-9-16)22(23)26)25-21-13-15(3)18-6-4-5-7-19(18)24-21/h4-11,13-14,20H,12H2,1-3H3,(H2,23,26)(H,24,25). The molecule has 0 aliphatic carbocycles. The number of hydrogen-bond donors (Lipinski definition) is 2. The number of nitrogens with zero attached hydrogens (tertiary/aromatic N) is 1. The lowest BCUT2D eigenvalue weighted by atomic mass is 9.96. The molecule has 0 fully saturated rings. The van der Waals surface area contributed by atoms with Crippen molar-refractivity contribution in [2.45, 2.75) is 33.2 Å². The number of primary amides is 1. The van der Waals surface area contributed by atoms with Gasteiger partial charge < -0.3 is 11.1 Å². The van der Waals surface area contributed by atoms with Gasteiger partial charge in [-0.3, -0.25) is 4.79 Å². The first-order chi connectivity index (χ1) is 12.4. The first-order valence-corrected chi connectivity index (χ1v) is 8.96. The summed E-state index contributed by atoms with van der Waals surface area (Å²) < 4.78 is 0. The van der Waals surface area contributed by atoms with Crippen LogP contribution in [-0.2, 0) is 0 Å². The van der Waals surface area contributed by atoms with Crippen LogP contribution in [0.2, 0.25) is 0 Å². The highest BCUT2D eigenvalue weighted by atomic mass is 16.1. The van der Waals surface area contributed by atoms with Gasteiger partial charge in [0.2, 0.25) is 5.91 Å². The van der Waals surface area contributed by atoms with Gasteiger partial charge in [0, 0.05) is 10.9 Å². The molecule has 134 valence electrons. The van der Waals surface area contributed by atoms with Crippen molar-refractivity contribution in [3.8, 4) is 0 Å². The van der Waals surface area contributed by atoms with Crippen molar-refractivity contribution >= 4 is 22.6 Å². The van der Waals surface area contributed by atoms with E-state index in [1.54, 1.807) is 12.1 Å². The van der Waals surface area contributed by atoms with Crippen molar-refractivity contribution in [1.82, 2.24) is 4.98 Å². The molecule has 1 aromatic heterocycles. The van der Waals surface area contributed by atoms with E-state index in [9.17, 15) is 4.79 Å². The molecule has 4 nitrogen and oxygen atoms in total. The number of carbonyl (C=O) groups is 1. The van der Waals surface area contributed by atoms with Crippen molar-refractivity contribution in [3.63, 3.8) is 0 Å². The Morgan fingerprint density at radius 1 is 1.12 bits per heavy atom. The lowest BCUT2D eigenvalue weighted by molar-refractivity contribution is 0.100. The molecule has 0 aliphatic rings. The lowest BCUT2D eigenvalue weighted by Crippen LogP contribution is -2.15. The maximum Gasteiger partial charge on any atom is 0.248 e. The smallest absolute Gasteiger partial charge is 0.248 e. The van der Waals surface area contributed by atoms with Crippen LogP contribution in [0.15, 0.2) is 54.6 Å². The molecule has 1 atom stereocenters. The Morgan fingerprint density at radius 2 is 1.81 bits per heavy atom. The zero-order chi connectivity index (χ0) is 18.7. The molecule has 1 heterocycles. The van der Waals surface area contributed by atoms with Gasteiger partial charge in [-0.15, -0.1) is 0 Å². The number of pyridine rings is 1. The zero-order valence-electron chi connectivity index (χ0n) is 15.5. The van der Waals surface area contributed by atoms with E-state index in [-0.39, 0.29) is 6.04 Å². The number of nitrogens with one attached hydrogen (secondary N) is 1. The number of benzene rings is 2. The fourth-order valence-corrected chi connectivity index (χ4v) is 3.23. The minimum Gasteiger partial charge on any atom is -0.366 e. The van der Waals surface area contributed by atoms with Gasteiger partial charge in [0.25, 0.3) is 0 Å². The van der Waals surface area contributed by atoms with Gasteiger partial charge in [0.15, 0.2) is 0 Å². The molecule has 1 amide bonds. The molecule has 3 aromatic rings. The summed E-state index contributed by atoms with van der Waals surface area (Å²) in [6.07, 6.45) is 0.962. The van der Waals surface area contributed by atoms with Gasteiger partial charge in [0.1, 0.15) is 5.82 Å². The average Bonchev–Trinajstić information content (AvgIpc) is 2.61. The van der Waals surface area contributed by atoms with Crippen LogP contribution in [0.4, 0.5) is 5.82 Å². The number of aryl methyl sites for hydroxylation is 1. The summed E-state index contributed by atoms with van der Waals surface area (Å²) in [4.78, 5) is 16.1. The molecule has 3 N–H and O–H groups in total. The maximum atomic E-state index is 11.3. The number of fused-ring (bicyclic) bond motifs is 1. The number of rotatable bonds is 6. The normalized spacial score (nSPS) is 12.3. The van der Waals surface area contributed by atoms with Crippen molar-refractivity contribution in [3.05, 3.63) is 71.3 Å². The third-order valence-corrected chi connectivity index (χ3v) is 4.55. The van der Waals surface area contributed by atoms with Crippen LogP contribution < -0.4 is 11.1 Å². The molecular formula is C22H25N3O. The van der Waals surface area contributed by atoms with Gasteiger partial charge in [-0.25, -0.2) is 4.98 Å². The van der Waals surface area contributed by atoms with E-state index in [0.29, 0.717) is 11.5 Å². The second kappa shape index (κ2) is 7.56. The molecule has 0 spiro atoms. The predicted octanol–water partition coefficient (Wildman–Crippen LogP) is 4.84. The molecule has 4 heteroatoms. The number of para-hydroxylation sites is 1. The molecular weight excluding hydrogens is 322 g/mol. The molecule has 3 rings (SSSR count). The number of amides is 1. The van der Waals surface area contributed by atoms with Crippen LogP contribution in [0.25, 0.3) is 10.9 Å². The van der Waals surface area contributed by atoms with Crippen LogP contribution in [0.3, 0.4) is 0 Å². The highest BCUT2D eigenvalue weighted by Gasteiger charge is 2.15. The van der Waals surface area contributed by atoms with Gasteiger partial charge in [-0.05, 0) is 54.7 Å². The van der Waals surface area contributed by atoms with Gasteiger partial charge >= 0.3 is 0 Å².